The van der Waals surface area contributed by atoms with Gasteiger partial charge in [0.05, 0.1) is 0 Å². The number of methoxy groups -OCH3 is 2. The molecule has 0 saturated heterocycles. The predicted octanol–water partition coefficient (Wildman–Crippen LogP) is 0.750. The SMILES string of the molecule is C=CC(=O)[O][Ti][CH2]C(OC)OC. The quantitative estimate of drug-likeness (QED) is 0.367. The van der Waals surface area contributed by atoms with E-state index in [0.717, 1.165) is 6.08 Å². The first-order valence-electron chi connectivity index (χ1n) is 3.36. The summed E-state index contributed by atoms with van der Waals surface area (Å²) in [4.78, 5) is 10.6. The summed E-state index contributed by atoms with van der Waals surface area (Å²) in [7, 11) is 3.10. The van der Waals surface area contributed by atoms with Gasteiger partial charge in [0.2, 0.25) is 0 Å². The van der Waals surface area contributed by atoms with E-state index in [2.05, 4.69) is 6.58 Å². The number of ether oxygens (including phenoxy) is 2. The molecule has 0 amide bonds. The third-order valence-corrected chi connectivity index (χ3v) is 2.44. The molecule has 0 atom stereocenters. The molecule has 0 aliphatic carbocycles. The number of rotatable bonds is 6. The summed E-state index contributed by atoms with van der Waals surface area (Å²) in [5.74, 6) is -0.374. The second kappa shape index (κ2) is 7.49. The summed E-state index contributed by atoms with van der Waals surface area (Å²) in [6, 6.07) is 0. The summed E-state index contributed by atoms with van der Waals surface area (Å²) < 4.78 is 15.3. The Morgan fingerprint density at radius 2 is 2.17 bits per heavy atom. The topological polar surface area (TPSA) is 44.8 Å². The van der Waals surface area contributed by atoms with Gasteiger partial charge in [0.15, 0.2) is 0 Å². The summed E-state index contributed by atoms with van der Waals surface area (Å²) >= 11 is -0.771. The average Bonchev–Trinajstić information content (AvgIpc) is 2.12. The van der Waals surface area contributed by atoms with Gasteiger partial charge in [-0.05, 0) is 0 Å². The van der Waals surface area contributed by atoms with Gasteiger partial charge in [-0.2, -0.15) is 0 Å². The zero-order chi connectivity index (χ0) is 9.40. The van der Waals surface area contributed by atoms with Crippen molar-refractivity contribution in [2.75, 3.05) is 14.2 Å². The molecule has 0 rings (SSSR count). The van der Waals surface area contributed by atoms with E-state index in [9.17, 15) is 4.79 Å². The van der Waals surface area contributed by atoms with Crippen LogP contribution >= 0.6 is 0 Å². The van der Waals surface area contributed by atoms with Crippen LogP contribution in [0.25, 0.3) is 0 Å². The van der Waals surface area contributed by atoms with Crippen molar-refractivity contribution in [2.24, 2.45) is 0 Å². The van der Waals surface area contributed by atoms with E-state index in [1.165, 1.54) is 0 Å². The first-order valence-corrected chi connectivity index (χ1v) is 5.10. The van der Waals surface area contributed by atoms with E-state index >= 15 is 0 Å². The van der Waals surface area contributed by atoms with Crippen LogP contribution in [0.15, 0.2) is 12.7 Å². The van der Waals surface area contributed by atoms with Gasteiger partial charge in [-0.25, -0.2) is 0 Å². The second-order valence-corrected chi connectivity index (χ2v) is 3.28. The Bertz CT molecular complexity index is 144. The first kappa shape index (κ1) is 11.8. The Labute approximate surface area is 81.3 Å². The van der Waals surface area contributed by atoms with Crippen LogP contribution in [0.1, 0.15) is 0 Å². The molecule has 4 nitrogen and oxygen atoms in total. The van der Waals surface area contributed by atoms with Gasteiger partial charge in [0.1, 0.15) is 0 Å². The zero-order valence-corrected chi connectivity index (χ0v) is 8.76. The molecule has 0 aliphatic rings. The van der Waals surface area contributed by atoms with Crippen LogP contribution in [-0.2, 0) is 37.1 Å². The first-order chi connectivity index (χ1) is 5.74. The number of hydrogen-bond acceptors (Lipinski definition) is 4. The van der Waals surface area contributed by atoms with E-state index in [1.807, 2.05) is 0 Å². The molecule has 12 heavy (non-hydrogen) atoms. The van der Waals surface area contributed by atoms with Crippen molar-refractivity contribution in [2.45, 2.75) is 11.0 Å². The molecule has 0 aromatic rings. The molecule has 5 heteroatoms. The van der Waals surface area contributed by atoms with Gasteiger partial charge in [0.25, 0.3) is 0 Å². The Hall–Kier alpha value is -0.156. The van der Waals surface area contributed by atoms with Crippen molar-refractivity contribution in [1.29, 1.82) is 0 Å². The van der Waals surface area contributed by atoms with Crippen LogP contribution in [0.4, 0.5) is 0 Å². The number of carbonyl (C=O) groups is 1. The molecule has 0 N–H and O–H groups in total. The van der Waals surface area contributed by atoms with Gasteiger partial charge < -0.3 is 0 Å². The molecular weight excluding hydrogens is 196 g/mol. The normalized spacial score (nSPS) is 9.58. The molecule has 0 aliphatic heterocycles. The van der Waals surface area contributed by atoms with Crippen LogP contribution in [0.5, 0.6) is 0 Å². The van der Waals surface area contributed by atoms with Gasteiger partial charge in [-0.3, -0.25) is 0 Å². The zero-order valence-electron chi connectivity index (χ0n) is 7.20. The molecule has 0 saturated carbocycles. The van der Waals surface area contributed by atoms with E-state index in [4.69, 9.17) is 12.8 Å². The Morgan fingerprint density at radius 1 is 1.58 bits per heavy atom. The van der Waals surface area contributed by atoms with Crippen LogP contribution in [0.3, 0.4) is 0 Å². The minimum atomic E-state index is -0.771. The van der Waals surface area contributed by atoms with Gasteiger partial charge in [0, 0.05) is 0 Å². The molecule has 0 radical (unpaired) electrons. The summed E-state index contributed by atoms with van der Waals surface area (Å²) in [5.41, 5.74) is 0. The molecule has 0 unspecified atom stereocenters. The van der Waals surface area contributed by atoms with Gasteiger partial charge in [-0.15, -0.1) is 0 Å². The minimum absolute atomic E-state index is 0.261. The third kappa shape index (κ3) is 5.49. The molecule has 0 bridgehead atoms. The molecule has 0 aromatic carbocycles. The van der Waals surface area contributed by atoms with Crippen molar-refractivity contribution in [3.8, 4) is 0 Å². The fourth-order valence-electron chi connectivity index (χ4n) is 0.485. The predicted molar refractivity (Wildman–Crippen MR) is 38.9 cm³/mol. The fraction of sp³-hybridized carbons (Fsp3) is 0.571. The van der Waals surface area contributed by atoms with E-state index in [1.54, 1.807) is 14.2 Å². The van der Waals surface area contributed by atoms with Crippen molar-refractivity contribution < 1.29 is 37.1 Å². The van der Waals surface area contributed by atoms with Crippen LogP contribution in [0, 0.1) is 0 Å². The second-order valence-electron chi connectivity index (χ2n) is 1.87. The monoisotopic (exact) mass is 208 g/mol. The number of carbonyl (C=O) groups excluding carboxylic acids is 1. The standard InChI is InChI=1S/C4H9O2.C3H4O2.Ti/c1-4(5-2)6-3;1-2-3(4)5;/h4H,1H2,2-3H3;2H,1H2,(H,4,5);/q;;+1/p-1. The van der Waals surface area contributed by atoms with Crippen LogP contribution in [0.2, 0.25) is 4.73 Å². The van der Waals surface area contributed by atoms with Crippen LogP contribution in [-0.4, -0.2) is 26.5 Å². The summed E-state index contributed by atoms with van der Waals surface area (Å²) in [6.07, 6.45) is 0.889. The van der Waals surface area contributed by atoms with Gasteiger partial charge >= 0.3 is 81.0 Å². The van der Waals surface area contributed by atoms with Crippen molar-refractivity contribution in [3.05, 3.63) is 12.7 Å². The van der Waals surface area contributed by atoms with E-state index < -0.39 is 19.5 Å². The van der Waals surface area contributed by atoms with Crippen molar-refractivity contribution in [1.82, 2.24) is 0 Å². The van der Waals surface area contributed by atoms with Crippen LogP contribution < -0.4 is 0 Å². The Kier molecular flexibility index (Phi) is 7.39. The number of hydrogen-bond donors (Lipinski definition) is 0. The molecule has 0 fully saturated rings. The van der Waals surface area contributed by atoms with E-state index in [0.29, 0.717) is 4.73 Å². The maximum absolute atomic E-state index is 10.6. The molecule has 0 heterocycles. The summed E-state index contributed by atoms with van der Waals surface area (Å²) in [5, 5.41) is 0. The van der Waals surface area contributed by atoms with E-state index in [-0.39, 0.29) is 12.3 Å². The Balaban J connectivity index is 3.40. The van der Waals surface area contributed by atoms with Gasteiger partial charge in [-0.1, -0.05) is 0 Å². The third-order valence-electron chi connectivity index (χ3n) is 1.12. The molecule has 68 valence electrons. The summed E-state index contributed by atoms with van der Waals surface area (Å²) in [6.45, 7) is 3.28. The van der Waals surface area contributed by atoms with Crippen molar-refractivity contribution >= 4 is 5.97 Å². The molecular formula is C7H12O4Ti. The molecule has 0 spiro atoms. The Morgan fingerprint density at radius 3 is 2.58 bits per heavy atom. The average molecular weight is 208 g/mol. The molecule has 0 aromatic heterocycles. The van der Waals surface area contributed by atoms with Crippen molar-refractivity contribution in [3.63, 3.8) is 0 Å². The fourth-order valence-corrected chi connectivity index (χ4v) is 1.70. The maximum atomic E-state index is 10.6.